The predicted molar refractivity (Wildman–Crippen MR) is 115 cm³/mol. The third kappa shape index (κ3) is 4.83. The number of hydrogen-bond acceptors (Lipinski definition) is 6. The van der Waals surface area contributed by atoms with Crippen LogP contribution in [0.15, 0.2) is 71.4 Å². The standard InChI is InChI=1S/C24H23NO6/c1-4-30-24(28)22-16(2)25(18-8-6-5-7-9-18)23(27)20(22)14-17-10-12-19(13-11-17)31-15-21(26)29-3/h5-14H,4,15H2,1-3H3/b20-14-. The number of para-hydroxylation sites is 1. The molecule has 31 heavy (non-hydrogen) atoms. The summed E-state index contributed by atoms with van der Waals surface area (Å²) in [6.07, 6.45) is 1.64. The average Bonchev–Trinajstić information content (AvgIpc) is 3.03. The van der Waals surface area contributed by atoms with Crippen LogP contribution in [0, 0.1) is 0 Å². The zero-order valence-electron chi connectivity index (χ0n) is 17.6. The number of benzene rings is 2. The van der Waals surface area contributed by atoms with E-state index in [1.165, 1.54) is 12.0 Å². The highest BCUT2D eigenvalue weighted by molar-refractivity contribution is 6.23. The van der Waals surface area contributed by atoms with Crippen LogP contribution in [0.1, 0.15) is 19.4 Å². The van der Waals surface area contributed by atoms with Crippen molar-refractivity contribution in [3.8, 4) is 5.75 Å². The molecule has 0 aromatic heterocycles. The Morgan fingerprint density at radius 2 is 1.71 bits per heavy atom. The molecule has 2 aromatic rings. The van der Waals surface area contributed by atoms with Gasteiger partial charge < -0.3 is 14.2 Å². The van der Waals surface area contributed by atoms with Crippen LogP contribution in [0.4, 0.5) is 5.69 Å². The van der Waals surface area contributed by atoms with Gasteiger partial charge in [-0.25, -0.2) is 9.59 Å². The molecule has 2 aromatic carbocycles. The lowest BCUT2D eigenvalue weighted by Crippen LogP contribution is -2.24. The van der Waals surface area contributed by atoms with E-state index in [0.717, 1.165) is 0 Å². The van der Waals surface area contributed by atoms with E-state index < -0.39 is 11.9 Å². The molecule has 0 radical (unpaired) electrons. The molecule has 1 aliphatic rings. The summed E-state index contributed by atoms with van der Waals surface area (Å²) in [5, 5.41) is 0. The number of carbonyl (C=O) groups is 3. The van der Waals surface area contributed by atoms with Gasteiger partial charge in [0.05, 0.1) is 24.9 Å². The monoisotopic (exact) mass is 421 g/mol. The number of amides is 1. The van der Waals surface area contributed by atoms with Gasteiger partial charge in [-0.2, -0.15) is 0 Å². The Labute approximate surface area is 180 Å². The van der Waals surface area contributed by atoms with Crippen molar-refractivity contribution < 1.29 is 28.6 Å². The van der Waals surface area contributed by atoms with Crippen molar-refractivity contribution in [3.05, 3.63) is 77.0 Å². The Morgan fingerprint density at radius 1 is 1.03 bits per heavy atom. The predicted octanol–water partition coefficient (Wildman–Crippen LogP) is 3.51. The van der Waals surface area contributed by atoms with Crippen LogP contribution in [-0.4, -0.2) is 38.2 Å². The molecule has 0 spiro atoms. The van der Waals surface area contributed by atoms with E-state index in [4.69, 9.17) is 9.47 Å². The number of allylic oxidation sites excluding steroid dienone is 1. The first-order valence-electron chi connectivity index (χ1n) is 9.75. The summed E-state index contributed by atoms with van der Waals surface area (Å²) in [5.41, 5.74) is 2.36. The smallest absolute Gasteiger partial charge is 0.343 e. The molecule has 0 saturated heterocycles. The Morgan fingerprint density at radius 3 is 2.32 bits per heavy atom. The van der Waals surface area contributed by atoms with Crippen LogP contribution in [-0.2, 0) is 23.9 Å². The summed E-state index contributed by atoms with van der Waals surface area (Å²) in [4.78, 5) is 38.6. The lowest BCUT2D eigenvalue weighted by molar-refractivity contribution is -0.143. The third-order valence-electron chi connectivity index (χ3n) is 4.67. The van der Waals surface area contributed by atoms with Crippen molar-refractivity contribution in [2.45, 2.75) is 13.8 Å². The maximum atomic E-state index is 13.2. The Bertz CT molecular complexity index is 1040. The normalized spacial score (nSPS) is 14.7. The van der Waals surface area contributed by atoms with Gasteiger partial charge in [-0.3, -0.25) is 9.69 Å². The molecule has 0 N–H and O–H groups in total. The van der Waals surface area contributed by atoms with Gasteiger partial charge in [0.2, 0.25) is 0 Å². The van der Waals surface area contributed by atoms with Gasteiger partial charge in [0, 0.05) is 11.4 Å². The highest BCUT2D eigenvalue weighted by Gasteiger charge is 2.37. The van der Waals surface area contributed by atoms with Crippen molar-refractivity contribution in [2.24, 2.45) is 0 Å². The third-order valence-corrected chi connectivity index (χ3v) is 4.67. The van der Waals surface area contributed by atoms with Crippen LogP contribution >= 0.6 is 0 Å². The number of methoxy groups -OCH3 is 1. The van der Waals surface area contributed by atoms with Crippen LogP contribution in [0.5, 0.6) is 5.75 Å². The van der Waals surface area contributed by atoms with Gasteiger partial charge in [0.25, 0.3) is 5.91 Å². The first-order chi connectivity index (χ1) is 15.0. The summed E-state index contributed by atoms with van der Waals surface area (Å²) in [6, 6.07) is 15.9. The second-order valence-corrected chi connectivity index (χ2v) is 6.65. The number of ether oxygens (including phenoxy) is 3. The van der Waals surface area contributed by atoms with E-state index in [1.807, 2.05) is 18.2 Å². The van der Waals surface area contributed by atoms with E-state index >= 15 is 0 Å². The van der Waals surface area contributed by atoms with Crippen molar-refractivity contribution in [3.63, 3.8) is 0 Å². The topological polar surface area (TPSA) is 82.1 Å². The molecule has 7 nitrogen and oxygen atoms in total. The van der Waals surface area contributed by atoms with Crippen molar-refractivity contribution in [1.82, 2.24) is 0 Å². The van der Waals surface area contributed by atoms with Crippen LogP contribution in [0.25, 0.3) is 6.08 Å². The van der Waals surface area contributed by atoms with Gasteiger partial charge in [-0.1, -0.05) is 30.3 Å². The second-order valence-electron chi connectivity index (χ2n) is 6.65. The molecule has 0 unspecified atom stereocenters. The number of esters is 2. The first kappa shape index (κ1) is 21.8. The highest BCUT2D eigenvalue weighted by Crippen LogP contribution is 2.35. The van der Waals surface area contributed by atoms with Gasteiger partial charge in [0.1, 0.15) is 5.75 Å². The molecule has 0 atom stereocenters. The molecule has 1 heterocycles. The molecule has 7 heteroatoms. The highest BCUT2D eigenvalue weighted by atomic mass is 16.6. The Hall–Kier alpha value is -3.87. The van der Waals surface area contributed by atoms with E-state index in [-0.39, 0.29) is 30.3 Å². The molecule has 3 rings (SSSR count). The number of anilines is 1. The summed E-state index contributed by atoms with van der Waals surface area (Å²) in [6.45, 7) is 3.45. The number of carbonyl (C=O) groups excluding carboxylic acids is 3. The second kappa shape index (κ2) is 9.75. The molecule has 0 bridgehead atoms. The molecular weight excluding hydrogens is 398 g/mol. The summed E-state index contributed by atoms with van der Waals surface area (Å²) >= 11 is 0. The van der Waals surface area contributed by atoms with Gasteiger partial charge in [-0.15, -0.1) is 0 Å². The average molecular weight is 421 g/mol. The largest absolute Gasteiger partial charge is 0.482 e. The van der Waals surface area contributed by atoms with E-state index in [2.05, 4.69) is 4.74 Å². The Balaban J connectivity index is 1.94. The van der Waals surface area contributed by atoms with Crippen molar-refractivity contribution >= 4 is 29.6 Å². The van der Waals surface area contributed by atoms with Gasteiger partial charge >= 0.3 is 11.9 Å². The summed E-state index contributed by atoms with van der Waals surface area (Å²) < 4.78 is 15.1. The van der Waals surface area contributed by atoms with E-state index in [9.17, 15) is 14.4 Å². The van der Waals surface area contributed by atoms with E-state index in [0.29, 0.717) is 22.7 Å². The lowest BCUT2D eigenvalue weighted by Gasteiger charge is -2.17. The molecule has 0 saturated carbocycles. The van der Waals surface area contributed by atoms with E-state index in [1.54, 1.807) is 56.3 Å². The van der Waals surface area contributed by atoms with Crippen LogP contribution in [0.3, 0.4) is 0 Å². The zero-order chi connectivity index (χ0) is 22.4. The molecule has 160 valence electrons. The summed E-state index contributed by atoms with van der Waals surface area (Å²) in [5.74, 6) is -0.856. The number of rotatable bonds is 7. The maximum absolute atomic E-state index is 13.2. The minimum Gasteiger partial charge on any atom is -0.482 e. The quantitative estimate of drug-likeness (QED) is 0.503. The van der Waals surface area contributed by atoms with Gasteiger partial charge in [0.15, 0.2) is 6.61 Å². The molecule has 1 aliphatic heterocycles. The fraction of sp³-hybridized carbons (Fsp3) is 0.208. The summed E-state index contributed by atoms with van der Waals surface area (Å²) in [7, 11) is 1.29. The molecule has 0 fully saturated rings. The fourth-order valence-corrected chi connectivity index (χ4v) is 3.20. The van der Waals surface area contributed by atoms with Crippen LogP contribution in [0.2, 0.25) is 0 Å². The van der Waals surface area contributed by atoms with Gasteiger partial charge in [-0.05, 0) is 49.8 Å². The van der Waals surface area contributed by atoms with Crippen molar-refractivity contribution in [2.75, 3.05) is 25.2 Å². The Kier molecular flexibility index (Phi) is 6.87. The first-order valence-corrected chi connectivity index (χ1v) is 9.75. The lowest BCUT2D eigenvalue weighted by atomic mass is 10.0. The fourth-order valence-electron chi connectivity index (χ4n) is 3.20. The number of nitrogens with zero attached hydrogens (tertiary/aromatic N) is 1. The minimum absolute atomic E-state index is 0.198. The molecule has 0 aliphatic carbocycles. The maximum Gasteiger partial charge on any atom is 0.343 e. The minimum atomic E-state index is -0.545. The number of hydrogen-bond donors (Lipinski definition) is 0. The van der Waals surface area contributed by atoms with Crippen LogP contribution < -0.4 is 9.64 Å². The molecular formula is C24H23NO6. The SMILES string of the molecule is CCOC(=O)C1=C(C)N(c2ccccc2)C(=O)/C1=C\c1ccc(OCC(=O)OC)cc1. The van der Waals surface area contributed by atoms with Crippen molar-refractivity contribution in [1.29, 1.82) is 0 Å². The molecule has 1 amide bonds. The zero-order valence-corrected chi connectivity index (χ0v) is 17.6.